The van der Waals surface area contributed by atoms with Gasteiger partial charge in [0, 0.05) is 5.56 Å². The Balaban J connectivity index is 1.81. The van der Waals surface area contributed by atoms with Gasteiger partial charge in [-0.1, -0.05) is 42.2 Å². The van der Waals surface area contributed by atoms with Crippen LogP contribution in [0.2, 0.25) is 0 Å². The van der Waals surface area contributed by atoms with E-state index in [0.717, 1.165) is 5.56 Å². The molecule has 2 aromatic carbocycles. The summed E-state index contributed by atoms with van der Waals surface area (Å²) in [5, 5.41) is 2.58. The molecule has 0 aromatic heterocycles. The molecule has 0 saturated carbocycles. The van der Waals surface area contributed by atoms with Crippen molar-refractivity contribution in [3.8, 4) is 5.75 Å². The Bertz CT molecular complexity index is 879. The number of hydrogen-bond donors (Lipinski definition) is 1. The fourth-order valence-corrected chi connectivity index (χ4v) is 4.63. The van der Waals surface area contributed by atoms with Gasteiger partial charge in [0.2, 0.25) is 0 Å². The number of carbonyl (C=O) groups excluding carboxylic acids is 1. The number of ether oxygens (including phenoxy) is 1. The van der Waals surface area contributed by atoms with Crippen LogP contribution in [0.25, 0.3) is 6.08 Å². The van der Waals surface area contributed by atoms with Crippen molar-refractivity contribution in [3.63, 3.8) is 0 Å². The molecular weight excluding hydrogens is 493 g/mol. The number of hydrogen-bond acceptors (Lipinski definition) is 4. The van der Waals surface area contributed by atoms with Crippen LogP contribution in [0.3, 0.4) is 0 Å². The van der Waals surface area contributed by atoms with Gasteiger partial charge in [-0.3, -0.25) is 4.79 Å². The van der Waals surface area contributed by atoms with Crippen LogP contribution in [-0.4, -0.2) is 10.2 Å². The van der Waals surface area contributed by atoms with Gasteiger partial charge in [0.15, 0.2) is 0 Å². The van der Waals surface area contributed by atoms with Crippen LogP contribution in [0, 0.1) is 5.82 Å². The zero-order valence-electron chi connectivity index (χ0n) is 12.5. The average molecular weight is 503 g/mol. The molecule has 0 aliphatic carbocycles. The molecule has 1 amide bonds. The molecule has 3 rings (SSSR count). The fraction of sp³-hybridized carbons (Fsp3) is 0.0588. The second-order valence-corrected chi connectivity index (χ2v) is 8.47. The molecule has 1 heterocycles. The van der Waals surface area contributed by atoms with Gasteiger partial charge in [-0.05, 0) is 61.7 Å². The molecule has 128 valence electrons. The maximum atomic E-state index is 13.7. The number of thioether (sulfide) groups is 1. The highest BCUT2D eigenvalue weighted by molar-refractivity contribution is 9.11. The molecule has 1 aliphatic heterocycles. The minimum atomic E-state index is -0.309. The fourth-order valence-electron chi connectivity index (χ4n) is 2.14. The second kappa shape index (κ2) is 7.99. The third-order valence-electron chi connectivity index (χ3n) is 3.29. The molecular formula is C17H10Br2FNO2S2. The molecule has 1 fully saturated rings. The van der Waals surface area contributed by atoms with Crippen molar-refractivity contribution in [2.24, 2.45) is 0 Å². The Labute approximate surface area is 170 Å². The molecule has 1 saturated heterocycles. The third kappa shape index (κ3) is 4.49. The van der Waals surface area contributed by atoms with Crippen LogP contribution < -0.4 is 10.1 Å². The van der Waals surface area contributed by atoms with E-state index in [1.807, 2.05) is 12.1 Å². The lowest BCUT2D eigenvalue weighted by Crippen LogP contribution is -2.17. The number of nitrogens with one attached hydrogen (secondary N) is 1. The van der Waals surface area contributed by atoms with E-state index >= 15 is 0 Å². The maximum absolute atomic E-state index is 13.7. The summed E-state index contributed by atoms with van der Waals surface area (Å²) in [6, 6.07) is 10.1. The molecule has 0 spiro atoms. The summed E-state index contributed by atoms with van der Waals surface area (Å²) in [4.78, 5) is 12.3. The van der Waals surface area contributed by atoms with Crippen LogP contribution >= 0.6 is 55.8 Å². The monoisotopic (exact) mass is 501 g/mol. The molecule has 0 atom stereocenters. The van der Waals surface area contributed by atoms with Gasteiger partial charge in [0.05, 0.1) is 13.9 Å². The highest BCUT2D eigenvalue weighted by Crippen LogP contribution is 2.37. The van der Waals surface area contributed by atoms with Crippen molar-refractivity contribution in [2.45, 2.75) is 6.61 Å². The van der Waals surface area contributed by atoms with Crippen LogP contribution in [0.5, 0.6) is 5.75 Å². The Kier molecular flexibility index (Phi) is 5.93. The normalized spacial score (nSPS) is 15.6. The Morgan fingerprint density at radius 1 is 1.24 bits per heavy atom. The van der Waals surface area contributed by atoms with E-state index in [2.05, 4.69) is 37.2 Å². The topological polar surface area (TPSA) is 38.3 Å². The first-order valence-electron chi connectivity index (χ1n) is 7.04. The van der Waals surface area contributed by atoms with Gasteiger partial charge in [0.1, 0.15) is 22.5 Å². The van der Waals surface area contributed by atoms with Gasteiger partial charge >= 0.3 is 0 Å². The van der Waals surface area contributed by atoms with E-state index in [4.69, 9.17) is 17.0 Å². The number of benzene rings is 2. The predicted molar refractivity (Wildman–Crippen MR) is 109 cm³/mol. The number of rotatable bonds is 4. The lowest BCUT2D eigenvalue weighted by atomic mass is 10.2. The first-order chi connectivity index (χ1) is 11.9. The highest BCUT2D eigenvalue weighted by Gasteiger charge is 2.22. The lowest BCUT2D eigenvalue weighted by molar-refractivity contribution is -0.115. The summed E-state index contributed by atoms with van der Waals surface area (Å²) < 4.78 is 21.3. The van der Waals surface area contributed by atoms with E-state index in [1.165, 1.54) is 17.8 Å². The number of thiocarbonyl (C=S) groups is 1. The van der Waals surface area contributed by atoms with Crippen molar-refractivity contribution in [3.05, 3.63) is 67.2 Å². The molecule has 8 heteroatoms. The number of halogens is 3. The summed E-state index contributed by atoms with van der Waals surface area (Å²) in [7, 11) is 0. The van der Waals surface area contributed by atoms with Crippen molar-refractivity contribution in [2.75, 3.05) is 0 Å². The zero-order valence-corrected chi connectivity index (χ0v) is 17.3. The largest absolute Gasteiger partial charge is 0.486 e. The molecule has 3 nitrogen and oxygen atoms in total. The van der Waals surface area contributed by atoms with E-state index in [0.29, 0.717) is 29.5 Å². The first kappa shape index (κ1) is 18.6. The van der Waals surface area contributed by atoms with Crippen molar-refractivity contribution in [1.82, 2.24) is 5.32 Å². The molecule has 1 N–H and O–H groups in total. The Morgan fingerprint density at radius 2 is 1.92 bits per heavy atom. The summed E-state index contributed by atoms with van der Waals surface area (Å²) in [6.07, 6.45) is 1.75. The minimum Gasteiger partial charge on any atom is -0.486 e. The Hall–Kier alpha value is -1.22. The summed E-state index contributed by atoms with van der Waals surface area (Å²) in [6.45, 7) is 0.108. The van der Waals surface area contributed by atoms with Crippen molar-refractivity contribution in [1.29, 1.82) is 0 Å². The minimum absolute atomic E-state index is 0.108. The summed E-state index contributed by atoms with van der Waals surface area (Å²) in [5.41, 5.74) is 1.28. The molecule has 0 unspecified atom stereocenters. The lowest BCUT2D eigenvalue weighted by Gasteiger charge is -2.12. The predicted octanol–water partition coefficient (Wildman–Crippen LogP) is 5.42. The van der Waals surface area contributed by atoms with Crippen molar-refractivity contribution >= 4 is 72.1 Å². The van der Waals surface area contributed by atoms with E-state index in [1.54, 1.807) is 24.3 Å². The standard InChI is InChI=1S/C17H10Br2FNO2S2/c18-11-5-9(7-14-16(22)21-17(24)25-14)6-12(19)15(11)23-8-10-3-1-2-4-13(10)20/h1-7H,8H2,(H,21,22,24)/b14-7+. The van der Waals surface area contributed by atoms with E-state index in [-0.39, 0.29) is 18.3 Å². The van der Waals surface area contributed by atoms with Crippen LogP contribution in [0.1, 0.15) is 11.1 Å². The number of amides is 1. The second-order valence-electron chi connectivity index (χ2n) is 5.05. The molecule has 1 aliphatic rings. The average Bonchev–Trinajstić information content (AvgIpc) is 2.85. The quantitative estimate of drug-likeness (QED) is 0.447. The van der Waals surface area contributed by atoms with E-state index in [9.17, 15) is 9.18 Å². The molecule has 0 bridgehead atoms. The van der Waals surface area contributed by atoms with Crippen LogP contribution in [-0.2, 0) is 11.4 Å². The number of carbonyl (C=O) groups is 1. The maximum Gasteiger partial charge on any atom is 0.263 e. The van der Waals surface area contributed by atoms with Crippen LogP contribution in [0.15, 0.2) is 50.2 Å². The smallest absolute Gasteiger partial charge is 0.263 e. The van der Waals surface area contributed by atoms with Crippen molar-refractivity contribution < 1.29 is 13.9 Å². The zero-order chi connectivity index (χ0) is 18.0. The van der Waals surface area contributed by atoms with Gasteiger partial charge < -0.3 is 10.1 Å². The van der Waals surface area contributed by atoms with Gasteiger partial charge in [0.25, 0.3) is 5.91 Å². The first-order valence-corrected chi connectivity index (χ1v) is 9.85. The van der Waals surface area contributed by atoms with Gasteiger partial charge in [-0.15, -0.1) is 0 Å². The van der Waals surface area contributed by atoms with Gasteiger partial charge in [-0.2, -0.15) is 0 Å². The van der Waals surface area contributed by atoms with Gasteiger partial charge in [-0.25, -0.2) is 4.39 Å². The Morgan fingerprint density at radius 3 is 2.52 bits per heavy atom. The molecule has 25 heavy (non-hydrogen) atoms. The SMILES string of the molecule is O=C1NC(=S)S/C1=C/c1cc(Br)c(OCc2ccccc2F)c(Br)c1. The summed E-state index contributed by atoms with van der Waals surface area (Å²) >= 11 is 13.1. The third-order valence-corrected chi connectivity index (χ3v) is 5.63. The van der Waals surface area contributed by atoms with Crippen LogP contribution in [0.4, 0.5) is 4.39 Å². The van der Waals surface area contributed by atoms with E-state index < -0.39 is 0 Å². The molecule has 0 radical (unpaired) electrons. The summed E-state index contributed by atoms with van der Waals surface area (Å²) in [5.74, 6) is 0.0444. The molecule has 2 aromatic rings. The highest BCUT2D eigenvalue weighted by atomic mass is 79.9.